The van der Waals surface area contributed by atoms with Gasteiger partial charge in [0.15, 0.2) is 9.84 Å². The average molecular weight is 592 g/mol. The number of aliphatic hydroxyl groups excluding tert-OH is 1. The molecule has 12 heteroatoms. The molecule has 0 heterocycles. The topological polar surface area (TPSA) is 66.8 Å². The van der Waals surface area contributed by atoms with Crippen LogP contribution in [0.3, 0.4) is 0 Å². The fraction of sp³-hybridized carbons (Fsp3) is 0.333. The normalized spacial score (nSPS) is 12.2. The molecule has 39 heavy (non-hydrogen) atoms. The fourth-order valence-electron chi connectivity index (χ4n) is 4.00. The summed E-state index contributed by atoms with van der Waals surface area (Å²) in [5.41, 5.74) is -0.167. The van der Waals surface area contributed by atoms with Gasteiger partial charge in [-0.1, -0.05) is 35.9 Å². The van der Waals surface area contributed by atoms with Crippen molar-refractivity contribution in [1.82, 2.24) is 4.90 Å². The quantitative estimate of drug-likeness (QED) is 0.205. The predicted octanol–water partition coefficient (Wildman–Crippen LogP) is 6.05. The minimum atomic E-state index is -4.61. The summed E-state index contributed by atoms with van der Waals surface area (Å²) >= 11 is 6.09. The lowest BCUT2D eigenvalue weighted by atomic mass is 10.1. The maximum absolute atomic E-state index is 14.3. The minimum absolute atomic E-state index is 0.0380. The van der Waals surface area contributed by atoms with Crippen LogP contribution < -0.4 is 4.74 Å². The highest BCUT2D eigenvalue weighted by Gasteiger charge is 2.34. The Balaban J connectivity index is 1.72. The van der Waals surface area contributed by atoms with E-state index in [4.69, 9.17) is 16.3 Å². The van der Waals surface area contributed by atoms with Gasteiger partial charge in [-0.05, 0) is 48.2 Å². The van der Waals surface area contributed by atoms with Gasteiger partial charge in [0.1, 0.15) is 17.4 Å². The number of alkyl halides is 3. The summed E-state index contributed by atoms with van der Waals surface area (Å²) in [5, 5.41) is 8.95. The maximum Gasteiger partial charge on any atom is 0.417 e. The zero-order valence-electron chi connectivity index (χ0n) is 20.9. The van der Waals surface area contributed by atoms with Gasteiger partial charge in [0.2, 0.25) is 0 Å². The molecule has 0 aliphatic heterocycles. The molecule has 0 radical (unpaired) electrons. The number of rotatable bonds is 12. The summed E-state index contributed by atoms with van der Waals surface area (Å²) in [4.78, 5) is 1.49. The Labute approximate surface area is 228 Å². The largest absolute Gasteiger partial charge is 0.493 e. The van der Waals surface area contributed by atoms with E-state index in [1.54, 1.807) is 12.1 Å². The van der Waals surface area contributed by atoms with Crippen LogP contribution in [0.1, 0.15) is 28.7 Å². The molecule has 0 aliphatic carbocycles. The Kier molecular flexibility index (Phi) is 10.3. The van der Waals surface area contributed by atoms with Crippen LogP contribution in [-0.4, -0.2) is 44.4 Å². The number of hydrogen-bond donors (Lipinski definition) is 1. The smallest absolute Gasteiger partial charge is 0.417 e. The van der Waals surface area contributed by atoms with E-state index in [1.807, 2.05) is 4.90 Å². The lowest BCUT2D eigenvalue weighted by Gasteiger charge is -2.24. The molecular weight excluding hydrogens is 565 g/mol. The third-order valence-corrected chi connectivity index (χ3v) is 7.59. The standard InChI is InChI=1S/C27H27ClF5NO4S/c1-39(36,37)25-15-21(14-24(30)22(25)17-35)38-13-3-11-34(12-10-18-6-8-20(29)9-7-18)16-19-4-2-5-23(26(19)28)27(31,32)33/h2,4-9,14-15,35H,3,10-13,16-17H2,1H3. The van der Waals surface area contributed by atoms with Crippen molar-refractivity contribution in [2.24, 2.45) is 0 Å². The molecule has 0 atom stereocenters. The highest BCUT2D eigenvalue weighted by Crippen LogP contribution is 2.36. The van der Waals surface area contributed by atoms with E-state index in [9.17, 15) is 35.5 Å². The Hall–Kier alpha value is -2.73. The third-order valence-electron chi connectivity index (χ3n) is 5.98. The van der Waals surface area contributed by atoms with Crippen molar-refractivity contribution in [3.8, 4) is 5.75 Å². The zero-order chi connectivity index (χ0) is 28.8. The van der Waals surface area contributed by atoms with Crippen LogP contribution in [0.4, 0.5) is 22.0 Å². The first kappa shape index (κ1) is 30.8. The van der Waals surface area contributed by atoms with Gasteiger partial charge in [-0.15, -0.1) is 0 Å². The third kappa shape index (κ3) is 8.63. The number of aliphatic hydroxyl groups is 1. The second-order valence-corrected chi connectivity index (χ2v) is 11.3. The highest BCUT2D eigenvalue weighted by atomic mass is 35.5. The summed E-state index contributed by atoms with van der Waals surface area (Å²) < 4.78 is 97.1. The molecule has 0 saturated carbocycles. The molecular formula is C27H27ClF5NO4S. The van der Waals surface area contributed by atoms with Gasteiger partial charge in [-0.2, -0.15) is 13.2 Å². The lowest BCUT2D eigenvalue weighted by molar-refractivity contribution is -0.137. The lowest BCUT2D eigenvalue weighted by Crippen LogP contribution is -2.28. The van der Waals surface area contributed by atoms with E-state index in [1.165, 1.54) is 24.3 Å². The van der Waals surface area contributed by atoms with Gasteiger partial charge in [0.05, 0.1) is 28.7 Å². The zero-order valence-corrected chi connectivity index (χ0v) is 22.5. The second kappa shape index (κ2) is 13.1. The summed E-state index contributed by atoms with van der Waals surface area (Å²) in [7, 11) is -3.83. The number of ether oxygens (including phenoxy) is 1. The highest BCUT2D eigenvalue weighted by molar-refractivity contribution is 7.90. The van der Waals surface area contributed by atoms with Gasteiger partial charge >= 0.3 is 6.18 Å². The molecule has 0 aliphatic rings. The number of halogens is 6. The summed E-state index contributed by atoms with van der Waals surface area (Å²) in [5.74, 6) is -1.34. The Morgan fingerprint density at radius 3 is 2.33 bits per heavy atom. The van der Waals surface area contributed by atoms with Crippen LogP contribution in [-0.2, 0) is 35.6 Å². The number of nitrogens with zero attached hydrogens (tertiary/aromatic N) is 1. The SMILES string of the molecule is CS(=O)(=O)c1cc(OCCCN(CCc2ccc(F)cc2)Cc2cccc(C(F)(F)F)c2Cl)cc(F)c1CO. The van der Waals surface area contributed by atoms with Crippen LogP contribution >= 0.6 is 11.6 Å². The maximum atomic E-state index is 14.3. The summed E-state index contributed by atoms with van der Waals surface area (Å²) in [6.45, 7) is 0.113. The molecule has 0 spiro atoms. The van der Waals surface area contributed by atoms with Gasteiger partial charge in [0.25, 0.3) is 0 Å². The number of benzene rings is 3. The molecule has 212 valence electrons. The van der Waals surface area contributed by atoms with Crippen molar-refractivity contribution < 1.29 is 40.2 Å². The molecule has 3 aromatic carbocycles. The fourth-order valence-corrected chi connectivity index (χ4v) is 5.24. The first-order valence-corrected chi connectivity index (χ1v) is 14.1. The monoisotopic (exact) mass is 591 g/mol. The van der Waals surface area contributed by atoms with Crippen LogP contribution in [0, 0.1) is 11.6 Å². The molecule has 0 unspecified atom stereocenters. The van der Waals surface area contributed by atoms with Gasteiger partial charge < -0.3 is 9.84 Å². The summed E-state index contributed by atoms with van der Waals surface area (Å²) in [6.07, 6.45) is -2.87. The van der Waals surface area contributed by atoms with Crippen molar-refractivity contribution in [3.63, 3.8) is 0 Å². The minimum Gasteiger partial charge on any atom is -0.493 e. The van der Waals surface area contributed by atoms with Crippen LogP contribution in [0.15, 0.2) is 59.5 Å². The van der Waals surface area contributed by atoms with Crippen molar-refractivity contribution in [1.29, 1.82) is 0 Å². The molecule has 1 N–H and O–H groups in total. The van der Waals surface area contributed by atoms with Crippen molar-refractivity contribution >= 4 is 21.4 Å². The predicted molar refractivity (Wildman–Crippen MR) is 137 cm³/mol. The first-order chi connectivity index (χ1) is 18.3. The molecule has 3 rings (SSSR count). The second-order valence-electron chi connectivity index (χ2n) is 8.94. The molecule has 3 aromatic rings. The van der Waals surface area contributed by atoms with Crippen molar-refractivity contribution in [2.45, 2.75) is 37.1 Å². The summed E-state index contributed by atoms with van der Waals surface area (Å²) in [6, 6.07) is 11.7. The van der Waals surface area contributed by atoms with Crippen LogP contribution in [0.5, 0.6) is 5.75 Å². The number of sulfone groups is 1. The van der Waals surface area contributed by atoms with Crippen LogP contribution in [0.2, 0.25) is 5.02 Å². The first-order valence-electron chi connectivity index (χ1n) is 11.9. The molecule has 0 bridgehead atoms. The van der Waals surface area contributed by atoms with Gasteiger partial charge in [-0.25, -0.2) is 17.2 Å². The Morgan fingerprint density at radius 1 is 1.03 bits per heavy atom. The number of hydrogen-bond acceptors (Lipinski definition) is 5. The molecule has 0 saturated heterocycles. The molecule has 5 nitrogen and oxygen atoms in total. The molecule has 0 fully saturated rings. The van der Waals surface area contributed by atoms with E-state index in [0.29, 0.717) is 25.9 Å². The van der Waals surface area contributed by atoms with E-state index >= 15 is 0 Å². The van der Waals surface area contributed by atoms with Crippen molar-refractivity contribution in [3.05, 3.63) is 93.5 Å². The Bertz CT molecular complexity index is 1380. The van der Waals surface area contributed by atoms with Gasteiger partial charge in [-0.3, -0.25) is 4.90 Å². The van der Waals surface area contributed by atoms with E-state index in [-0.39, 0.29) is 45.8 Å². The Morgan fingerprint density at radius 2 is 1.72 bits per heavy atom. The molecule has 0 amide bonds. The van der Waals surface area contributed by atoms with Crippen LogP contribution in [0.25, 0.3) is 0 Å². The average Bonchev–Trinajstić information content (AvgIpc) is 2.85. The van der Waals surface area contributed by atoms with Crippen molar-refractivity contribution in [2.75, 3.05) is 26.0 Å². The van der Waals surface area contributed by atoms with E-state index < -0.39 is 34.0 Å². The van der Waals surface area contributed by atoms with E-state index in [2.05, 4.69) is 0 Å². The van der Waals surface area contributed by atoms with Gasteiger partial charge in [0, 0.05) is 37.5 Å². The van der Waals surface area contributed by atoms with E-state index in [0.717, 1.165) is 30.0 Å². The molecule has 0 aromatic heterocycles.